The standard InChI is InChI=1S/C21H26FN3O3/c1-20(2,3)19(26)25-12-16(21(13-25)8-10-27-11-9-21)18-23-17(24-28-18)14-4-6-15(22)7-5-14/h4-7,16H,8-13H2,1-3H3/t16-/m1/s1. The van der Waals surface area contributed by atoms with Crippen molar-refractivity contribution in [2.45, 2.75) is 39.5 Å². The first-order valence-corrected chi connectivity index (χ1v) is 9.75. The zero-order valence-corrected chi connectivity index (χ0v) is 16.6. The molecule has 1 aromatic heterocycles. The number of hydrogen-bond donors (Lipinski definition) is 0. The summed E-state index contributed by atoms with van der Waals surface area (Å²) in [4.78, 5) is 19.5. The van der Waals surface area contributed by atoms with E-state index in [0.29, 0.717) is 43.6 Å². The fourth-order valence-electron chi connectivity index (χ4n) is 4.32. The number of rotatable bonds is 2. The summed E-state index contributed by atoms with van der Waals surface area (Å²) in [5.41, 5.74) is 0.166. The maximum Gasteiger partial charge on any atom is 0.232 e. The Labute approximate surface area is 164 Å². The lowest BCUT2D eigenvalue weighted by atomic mass is 9.72. The lowest BCUT2D eigenvalue weighted by Crippen LogP contribution is -2.40. The third kappa shape index (κ3) is 3.43. The van der Waals surface area contributed by atoms with Crippen LogP contribution in [0.3, 0.4) is 0 Å². The van der Waals surface area contributed by atoms with Crippen LogP contribution >= 0.6 is 0 Å². The van der Waals surface area contributed by atoms with E-state index < -0.39 is 5.41 Å². The lowest BCUT2D eigenvalue weighted by molar-refractivity contribution is -0.139. The molecule has 2 aliphatic heterocycles. The summed E-state index contributed by atoms with van der Waals surface area (Å²) in [7, 11) is 0. The Hall–Kier alpha value is -2.28. The number of hydrogen-bond acceptors (Lipinski definition) is 5. The summed E-state index contributed by atoms with van der Waals surface area (Å²) in [6, 6.07) is 6.03. The molecule has 1 aromatic carbocycles. The van der Waals surface area contributed by atoms with Gasteiger partial charge in [-0.2, -0.15) is 4.98 Å². The van der Waals surface area contributed by atoms with Gasteiger partial charge in [0, 0.05) is 42.7 Å². The van der Waals surface area contributed by atoms with Crippen molar-refractivity contribution in [3.05, 3.63) is 36.0 Å². The van der Waals surface area contributed by atoms with Gasteiger partial charge in [0.15, 0.2) is 0 Å². The van der Waals surface area contributed by atoms with Gasteiger partial charge in [-0.15, -0.1) is 0 Å². The summed E-state index contributed by atoms with van der Waals surface area (Å²) < 4.78 is 24.4. The number of amides is 1. The molecule has 1 amide bonds. The number of carbonyl (C=O) groups excluding carboxylic acids is 1. The van der Waals surface area contributed by atoms with Gasteiger partial charge in [0.1, 0.15) is 5.82 Å². The van der Waals surface area contributed by atoms with Crippen LogP contribution < -0.4 is 0 Å². The van der Waals surface area contributed by atoms with E-state index in [-0.39, 0.29) is 23.1 Å². The lowest BCUT2D eigenvalue weighted by Gasteiger charge is -2.36. The molecular formula is C21H26FN3O3. The summed E-state index contributed by atoms with van der Waals surface area (Å²) in [5, 5.41) is 4.11. The first-order chi connectivity index (χ1) is 13.3. The largest absolute Gasteiger partial charge is 0.381 e. The van der Waals surface area contributed by atoms with E-state index in [1.165, 1.54) is 12.1 Å². The summed E-state index contributed by atoms with van der Waals surface area (Å²) >= 11 is 0. The van der Waals surface area contributed by atoms with Crippen LogP contribution in [-0.2, 0) is 9.53 Å². The highest BCUT2D eigenvalue weighted by Gasteiger charge is 2.52. The van der Waals surface area contributed by atoms with E-state index in [2.05, 4.69) is 10.1 Å². The van der Waals surface area contributed by atoms with Crippen LogP contribution in [0.5, 0.6) is 0 Å². The van der Waals surface area contributed by atoms with Gasteiger partial charge < -0.3 is 14.2 Å². The molecule has 0 unspecified atom stereocenters. The molecule has 0 bridgehead atoms. The van der Waals surface area contributed by atoms with E-state index in [0.717, 1.165) is 12.8 Å². The Balaban J connectivity index is 1.64. The average molecular weight is 387 g/mol. The Morgan fingerprint density at radius 2 is 1.89 bits per heavy atom. The minimum atomic E-state index is -0.435. The number of halogens is 1. The highest BCUT2D eigenvalue weighted by Crippen LogP contribution is 2.50. The fourth-order valence-corrected chi connectivity index (χ4v) is 4.32. The summed E-state index contributed by atoms with van der Waals surface area (Å²) in [5.74, 6) is 0.799. The average Bonchev–Trinajstić information content (AvgIpc) is 3.27. The van der Waals surface area contributed by atoms with Crippen molar-refractivity contribution < 1.29 is 18.4 Å². The number of carbonyl (C=O) groups is 1. The monoisotopic (exact) mass is 387 g/mol. The number of aromatic nitrogens is 2. The number of likely N-dealkylation sites (tertiary alicyclic amines) is 1. The smallest absolute Gasteiger partial charge is 0.232 e. The maximum absolute atomic E-state index is 13.2. The normalized spacial score (nSPS) is 22.0. The molecule has 2 aromatic rings. The molecule has 6 nitrogen and oxygen atoms in total. The Morgan fingerprint density at radius 3 is 2.54 bits per heavy atom. The predicted molar refractivity (Wildman–Crippen MR) is 101 cm³/mol. The van der Waals surface area contributed by atoms with Crippen LogP contribution in [0.2, 0.25) is 0 Å². The Kier molecular flexibility index (Phi) is 4.73. The number of ether oxygens (including phenoxy) is 1. The summed E-state index contributed by atoms with van der Waals surface area (Å²) in [6.07, 6.45) is 1.72. The third-order valence-electron chi connectivity index (χ3n) is 5.91. The highest BCUT2D eigenvalue weighted by molar-refractivity contribution is 5.82. The first kappa shape index (κ1) is 19.1. The fraction of sp³-hybridized carbons (Fsp3) is 0.571. The van der Waals surface area contributed by atoms with Crippen molar-refractivity contribution in [2.75, 3.05) is 26.3 Å². The molecule has 150 valence electrons. The van der Waals surface area contributed by atoms with Crippen molar-refractivity contribution in [1.29, 1.82) is 0 Å². The molecule has 0 aliphatic carbocycles. The van der Waals surface area contributed by atoms with Gasteiger partial charge in [-0.3, -0.25) is 4.79 Å². The van der Waals surface area contributed by atoms with E-state index in [1.807, 2.05) is 25.7 Å². The van der Waals surface area contributed by atoms with Gasteiger partial charge >= 0.3 is 0 Å². The second-order valence-corrected chi connectivity index (χ2v) is 8.93. The van der Waals surface area contributed by atoms with Gasteiger partial charge in [0.2, 0.25) is 17.6 Å². The Morgan fingerprint density at radius 1 is 1.21 bits per heavy atom. The zero-order valence-electron chi connectivity index (χ0n) is 16.6. The minimum Gasteiger partial charge on any atom is -0.381 e. The quantitative estimate of drug-likeness (QED) is 0.787. The molecule has 0 radical (unpaired) electrons. The topological polar surface area (TPSA) is 68.5 Å². The minimum absolute atomic E-state index is 0.0237. The molecule has 7 heteroatoms. The van der Waals surface area contributed by atoms with E-state index in [4.69, 9.17) is 9.26 Å². The van der Waals surface area contributed by atoms with Gasteiger partial charge in [0.05, 0.1) is 5.92 Å². The maximum atomic E-state index is 13.2. The van der Waals surface area contributed by atoms with E-state index in [1.54, 1.807) is 12.1 Å². The first-order valence-electron chi connectivity index (χ1n) is 9.75. The molecule has 4 rings (SSSR count). The van der Waals surface area contributed by atoms with Crippen LogP contribution in [0.1, 0.15) is 45.4 Å². The van der Waals surface area contributed by atoms with Gasteiger partial charge in [-0.05, 0) is 37.1 Å². The number of benzene rings is 1. The summed E-state index contributed by atoms with van der Waals surface area (Å²) in [6.45, 7) is 8.43. The molecule has 1 atom stereocenters. The molecule has 2 aliphatic rings. The van der Waals surface area contributed by atoms with E-state index in [9.17, 15) is 9.18 Å². The van der Waals surface area contributed by atoms with Crippen molar-refractivity contribution in [3.8, 4) is 11.4 Å². The zero-order chi connectivity index (χ0) is 19.9. The Bertz CT molecular complexity index is 851. The molecule has 0 N–H and O–H groups in total. The molecular weight excluding hydrogens is 361 g/mol. The second kappa shape index (κ2) is 6.95. The van der Waals surface area contributed by atoms with Crippen LogP contribution in [-0.4, -0.2) is 47.3 Å². The van der Waals surface area contributed by atoms with E-state index >= 15 is 0 Å². The van der Waals surface area contributed by atoms with Gasteiger partial charge in [-0.1, -0.05) is 25.9 Å². The molecule has 0 saturated carbocycles. The SMILES string of the molecule is CC(C)(C)C(=O)N1C[C@H](c2nc(-c3ccc(F)cc3)no2)C2(CCOCC2)C1. The highest BCUT2D eigenvalue weighted by atomic mass is 19.1. The molecule has 2 saturated heterocycles. The van der Waals surface area contributed by atoms with Crippen molar-refractivity contribution in [1.82, 2.24) is 15.0 Å². The van der Waals surface area contributed by atoms with Crippen LogP contribution in [0, 0.1) is 16.6 Å². The van der Waals surface area contributed by atoms with Gasteiger partial charge in [0.25, 0.3) is 0 Å². The van der Waals surface area contributed by atoms with Gasteiger partial charge in [-0.25, -0.2) is 4.39 Å². The van der Waals surface area contributed by atoms with Crippen molar-refractivity contribution in [2.24, 2.45) is 10.8 Å². The molecule has 3 heterocycles. The van der Waals surface area contributed by atoms with Crippen LogP contribution in [0.15, 0.2) is 28.8 Å². The van der Waals surface area contributed by atoms with Crippen LogP contribution in [0.25, 0.3) is 11.4 Å². The predicted octanol–water partition coefficient (Wildman–Crippen LogP) is 3.64. The molecule has 2 fully saturated rings. The van der Waals surface area contributed by atoms with Crippen molar-refractivity contribution in [3.63, 3.8) is 0 Å². The third-order valence-corrected chi connectivity index (χ3v) is 5.91. The second-order valence-electron chi connectivity index (χ2n) is 8.93. The molecule has 1 spiro atoms. The van der Waals surface area contributed by atoms with Crippen molar-refractivity contribution >= 4 is 5.91 Å². The van der Waals surface area contributed by atoms with Crippen LogP contribution in [0.4, 0.5) is 4.39 Å². The number of nitrogens with zero attached hydrogens (tertiary/aromatic N) is 3. The molecule has 28 heavy (non-hydrogen) atoms.